The van der Waals surface area contributed by atoms with Crippen molar-refractivity contribution in [2.45, 2.75) is 12.5 Å². The second kappa shape index (κ2) is 18.8. The highest BCUT2D eigenvalue weighted by Crippen LogP contribution is 2.45. The Morgan fingerprint density at radius 3 is 1.74 bits per heavy atom. The van der Waals surface area contributed by atoms with Crippen LogP contribution in [0.5, 0.6) is 0 Å². The fraction of sp³-hybridized carbons (Fsp3) is 0.0667. The molecule has 9 rings (SSSR count). The lowest BCUT2D eigenvalue weighted by molar-refractivity contribution is 0.539. The van der Waals surface area contributed by atoms with Gasteiger partial charge in [-0.2, -0.15) is 10.5 Å². The maximum absolute atomic E-state index is 11.5. The van der Waals surface area contributed by atoms with Crippen LogP contribution < -0.4 is 9.80 Å². The highest BCUT2D eigenvalue weighted by molar-refractivity contribution is 6.21. The molecule has 0 aliphatic carbocycles. The molecule has 0 fully saturated rings. The van der Waals surface area contributed by atoms with Crippen molar-refractivity contribution >= 4 is 55.3 Å². The molecule has 1 heterocycles. The van der Waals surface area contributed by atoms with Gasteiger partial charge < -0.3 is 14.4 Å². The predicted octanol–water partition coefficient (Wildman–Crippen LogP) is 15.4. The van der Waals surface area contributed by atoms with Gasteiger partial charge in [0.2, 0.25) is 0 Å². The molecule has 65 heavy (non-hydrogen) atoms. The quantitative estimate of drug-likeness (QED) is 0.0762. The SMILES string of the molecule is C=CCc1ccccc1N(CC=C)c1ccc2c(c1)c1c3ccccc3ccc1n2C(C=C)C(C#N)/C(=C/C#N)N(c1ccc(-c2ccccc2)cc1)c1ccc(-c2ccccc2)cc1. The zero-order chi connectivity index (χ0) is 44.7. The van der Waals surface area contributed by atoms with Crippen LogP contribution in [-0.4, -0.2) is 11.1 Å². The van der Waals surface area contributed by atoms with E-state index in [0.29, 0.717) is 12.2 Å². The molecule has 312 valence electrons. The number of nitriles is 2. The summed E-state index contributed by atoms with van der Waals surface area (Å²) in [5.74, 6) is -0.859. The minimum Gasteiger partial charge on any atom is -0.337 e. The van der Waals surface area contributed by atoms with Crippen LogP contribution in [0.2, 0.25) is 0 Å². The molecule has 5 heteroatoms. The van der Waals surface area contributed by atoms with E-state index in [1.54, 1.807) is 0 Å². The zero-order valence-corrected chi connectivity index (χ0v) is 36.1. The number of fused-ring (bicyclic) bond motifs is 5. The van der Waals surface area contributed by atoms with Gasteiger partial charge in [0.1, 0.15) is 5.92 Å². The van der Waals surface area contributed by atoms with Crippen molar-refractivity contribution in [2.24, 2.45) is 5.92 Å². The minimum absolute atomic E-state index is 0.531. The van der Waals surface area contributed by atoms with Gasteiger partial charge >= 0.3 is 0 Å². The first-order chi connectivity index (χ1) is 32.1. The van der Waals surface area contributed by atoms with Crippen LogP contribution in [0.3, 0.4) is 0 Å². The van der Waals surface area contributed by atoms with Gasteiger partial charge in [0.15, 0.2) is 0 Å². The molecule has 0 spiro atoms. The Morgan fingerprint density at radius 2 is 1.14 bits per heavy atom. The van der Waals surface area contributed by atoms with Gasteiger partial charge in [0.05, 0.1) is 29.4 Å². The predicted molar refractivity (Wildman–Crippen MR) is 272 cm³/mol. The molecule has 0 aliphatic heterocycles. The summed E-state index contributed by atoms with van der Waals surface area (Å²) < 4.78 is 2.24. The number of nitrogens with zero attached hydrogens (tertiary/aromatic N) is 5. The van der Waals surface area contributed by atoms with Crippen molar-refractivity contribution in [3.8, 4) is 34.4 Å². The Hall–Kier alpha value is -8.64. The number of hydrogen-bond donors (Lipinski definition) is 0. The van der Waals surface area contributed by atoms with Gasteiger partial charge in [0, 0.05) is 51.7 Å². The summed E-state index contributed by atoms with van der Waals surface area (Å²) in [6.07, 6.45) is 7.97. The fourth-order valence-corrected chi connectivity index (χ4v) is 9.25. The third-order valence-corrected chi connectivity index (χ3v) is 12.2. The second-order valence-electron chi connectivity index (χ2n) is 16.0. The molecule has 2 unspecified atom stereocenters. The largest absolute Gasteiger partial charge is 0.337 e. The highest BCUT2D eigenvalue weighted by Gasteiger charge is 2.32. The number of anilines is 4. The lowest BCUT2D eigenvalue weighted by Gasteiger charge is -2.33. The normalized spacial score (nSPS) is 12.2. The van der Waals surface area contributed by atoms with Gasteiger partial charge in [-0.05, 0) is 99.6 Å². The number of hydrogen-bond acceptors (Lipinski definition) is 4. The van der Waals surface area contributed by atoms with Crippen LogP contribution in [0.4, 0.5) is 22.7 Å². The van der Waals surface area contributed by atoms with E-state index in [4.69, 9.17) is 0 Å². The van der Waals surface area contributed by atoms with Crippen molar-refractivity contribution in [2.75, 3.05) is 16.3 Å². The minimum atomic E-state index is -0.859. The average Bonchev–Trinajstić information content (AvgIpc) is 3.70. The molecule has 5 nitrogen and oxygen atoms in total. The summed E-state index contributed by atoms with van der Waals surface area (Å²) in [6.45, 7) is 13.2. The molecule has 0 saturated carbocycles. The molecular formula is C60H47N5. The van der Waals surface area contributed by atoms with Gasteiger partial charge in [-0.1, -0.05) is 152 Å². The Labute approximate surface area is 381 Å². The van der Waals surface area contributed by atoms with E-state index in [9.17, 15) is 10.5 Å². The Bertz CT molecular complexity index is 3210. The molecule has 9 aromatic rings. The lowest BCUT2D eigenvalue weighted by Crippen LogP contribution is -2.28. The van der Waals surface area contributed by atoms with E-state index in [2.05, 4.69) is 193 Å². The number of benzene rings is 8. The molecule has 0 aliphatic rings. The standard InChI is InChI=1S/C60H47N5/c1-4-17-48-23-14-16-25-56(48)63(40-5-2)51-35-37-57-53(41-51)60-52-24-15-13-22-47(52)30-36-59(60)65(57)55(6-3)54(42-62)58(38-39-61)64(49-31-26-45(27-32-49)43-18-9-7-10-19-43)50-33-28-46(29-34-50)44-20-11-8-12-21-44/h4-16,18-38,41,54-55H,1-3,17,40H2/b58-38-. The Kier molecular flexibility index (Phi) is 12.0. The lowest BCUT2D eigenvalue weighted by atomic mass is 9.93. The monoisotopic (exact) mass is 837 g/mol. The average molecular weight is 838 g/mol. The summed E-state index contributed by atoms with van der Waals surface area (Å²) in [5, 5.41) is 26.5. The maximum Gasteiger partial charge on any atom is 0.112 e. The van der Waals surface area contributed by atoms with E-state index >= 15 is 0 Å². The van der Waals surface area contributed by atoms with Crippen LogP contribution in [0.1, 0.15) is 11.6 Å². The molecule has 8 aromatic carbocycles. The topological polar surface area (TPSA) is 59.0 Å². The van der Waals surface area contributed by atoms with E-state index in [1.807, 2.05) is 59.5 Å². The summed E-state index contributed by atoms with van der Waals surface area (Å²) >= 11 is 0. The van der Waals surface area contributed by atoms with Crippen LogP contribution >= 0.6 is 0 Å². The van der Waals surface area contributed by atoms with Crippen molar-refractivity contribution < 1.29 is 0 Å². The first-order valence-corrected chi connectivity index (χ1v) is 21.8. The van der Waals surface area contributed by atoms with E-state index in [1.165, 1.54) is 11.6 Å². The third kappa shape index (κ3) is 8.00. The van der Waals surface area contributed by atoms with Crippen molar-refractivity contribution in [1.29, 1.82) is 10.5 Å². The third-order valence-electron chi connectivity index (χ3n) is 12.2. The highest BCUT2D eigenvalue weighted by atomic mass is 15.2. The van der Waals surface area contributed by atoms with Gasteiger partial charge in [-0.25, -0.2) is 0 Å². The smallest absolute Gasteiger partial charge is 0.112 e. The summed E-state index contributed by atoms with van der Waals surface area (Å²) in [4.78, 5) is 4.34. The number of para-hydroxylation sites is 1. The molecule has 0 saturated heterocycles. The number of allylic oxidation sites excluding steroid dienone is 4. The molecule has 0 radical (unpaired) electrons. The molecule has 0 bridgehead atoms. The molecular weight excluding hydrogens is 791 g/mol. The van der Waals surface area contributed by atoms with E-state index in [0.717, 1.165) is 84.0 Å². The number of aromatic nitrogens is 1. The summed E-state index contributed by atoms with van der Waals surface area (Å²) in [6, 6.07) is 69.3. The molecule has 0 N–H and O–H groups in total. The van der Waals surface area contributed by atoms with Crippen LogP contribution in [0.25, 0.3) is 54.8 Å². The Morgan fingerprint density at radius 1 is 0.569 bits per heavy atom. The zero-order valence-electron chi connectivity index (χ0n) is 36.1. The van der Waals surface area contributed by atoms with E-state index in [-0.39, 0.29) is 0 Å². The van der Waals surface area contributed by atoms with E-state index < -0.39 is 12.0 Å². The van der Waals surface area contributed by atoms with Gasteiger partial charge in [0.25, 0.3) is 0 Å². The molecule has 2 atom stereocenters. The van der Waals surface area contributed by atoms with Crippen LogP contribution in [-0.2, 0) is 6.42 Å². The maximum atomic E-state index is 11.5. The van der Waals surface area contributed by atoms with Crippen molar-refractivity contribution in [3.63, 3.8) is 0 Å². The Balaban J connectivity index is 1.23. The van der Waals surface area contributed by atoms with Crippen LogP contribution in [0.15, 0.2) is 238 Å². The summed E-state index contributed by atoms with van der Waals surface area (Å²) in [7, 11) is 0. The second-order valence-corrected chi connectivity index (χ2v) is 16.0. The van der Waals surface area contributed by atoms with Crippen molar-refractivity contribution in [3.05, 3.63) is 243 Å². The number of rotatable bonds is 15. The van der Waals surface area contributed by atoms with Gasteiger partial charge in [-0.15, -0.1) is 19.7 Å². The molecule has 0 amide bonds. The first kappa shape index (κ1) is 41.7. The van der Waals surface area contributed by atoms with Crippen LogP contribution in [0, 0.1) is 28.6 Å². The van der Waals surface area contributed by atoms with Gasteiger partial charge in [-0.3, -0.25) is 0 Å². The van der Waals surface area contributed by atoms with Crippen molar-refractivity contribution in [1.82, 2.24) is 4.57 Å². The first-order valence-electron chi connectivity index (χ1n) is 21.8. The molecule has 1 aromatic heterocycles. The fourth-order valence-electron chi connectivity index (χ4n) is 9.25. The summed E-state index contributed by atoms with van der Waals surface area (Å²) in [5.41, 5.74) is 11.7.